The third-order valence-electron chi connectivity index (χ3n) is 3.95. The Balaban J connectivity index is 0.00000126. The minimum atomic E-state index is -0.514. The molecule has 148 valence electrons. The average molecular weight is 439 g/mol. The van der Waals surface area contributed by atoms with Crippen LogP contribution in [-0.2, 0) is 9.53 Å². The molecule has 0 aliphatic carbocycles. The quantitative estimate of drug-likeness (QED) is 0.572. The second-order valence-corrected chi connectivity index (χ2v) is 8.01. The van der Waals surface area contributed by atoms with E-state index in [2.05, 4.69) is 21.2 Å². The molecule has 27 heavy (non-hydrogen) atoms. The van der Waals surface area contributed by atoms with Crippen LogP contribution in [0.1, 0.15) is 47.5 Å². The van der Waals surface area contributed by atoms with Crippen LogP contribution >= 0.6 is 15.9 Å². The Morgan fingerprint density at radius 3 is 2.44 bits per heavy atom. The SMILES string of the molecule is CC.CC(C)(C)OC(=O)N1CCC(=C2Oc3ccc(Br)cc3NC2=O)CC1. The van der Waals surface area contributed by atoms with E-state index >= 15 is 0 Å². The molecule has 0 atom stereocenters. The van der Waals surface area contributed by atoms with Gasteiger partial charge in [-0.3, -0.25) is 4.79 Å². The zero-order valence-electron chi connectivity index (χ0n) is 16.5. The summed E-state index contributed by atoms with van der Waals surface area (Å²) in [6, 6.07) is 5.48. The van der Waals surface area contributed by atoms with Crippen LogP contribution in [0.25, 0.3) is 0 Å². The Hall–Kier alpha value is -2.02. The summed E-state index contributed by atoms with van der Waals surface area (Å²) in [5, 5.41) is 2.86. The molecule has 2 aliphatic rings. The summed E-state index contributed by atoms with van der Waals surface area (Å²) >= 11 is 3.37. The molecule has 1 aromatic rings. The van der Waals surface area contributed by atoms with Crippen molar-refractivity contribution < 1.29 is 19.1 Å². The maximum atomic E-state index is 12.4. The van der Waals surface area contributed by atoms with Crippen LogP contribution in [0.2, 0.25) is 0 Å². The lowest BCUT2D eigenvalue weighted by Crippen LogP contribution is -2.41. The molecule has 0 unspecified atom stereocenters. The minimum absolute atomic E-state index is 0.244. The molecular weight excluding hydrogens is 412 g/mol. The number of piperidine rings is 1. The molecule has 7 heteroatoms. The molecular formula is C20H27BrN2O4. The predicted octanol–water partition coefficient (Wildman–Crippen LogP) is 5.09. The Morgan fingerprint density at radius 1 is 1.22 bits per heavy atom. The highest BCUT2D eigenvalue weighted by molar-refractivity contribution is 9.10. The van der Waals surface area contributed by atoms with Gasteiger partial charge in [0.25, 0.3) is 5.91 Å². The first kappa shape index (κ1) is 21.3. The van der Waals surface area contributed by atoms with Crippen molar-refractivity contribution in [3.8, 4) is 5.75 Å². The molecule has 0 aromatic heterocycles. The van der Waals surface area contributed by atoms with Gasteiger partial charge in [0.2, 0.25) is 0 Å². The van der Waals surface area contributed by atoms with Crippen LogP contribution in [-0.4, -0.2) is 35.6 Å². The second kappa shape index (κ2) is 8.78. The van der Waals surface area contributed by atoms with Crippen molar-refractivity contribution in [2.24, 2.45) is 0 Å². The standard InChI is InChI=1S/C18H21BrN2O4.C2H6/c1-18(2,3)25-17(23)21-8-6-11(7-9-21)15-16(22)20-13-10-12(19)4-5-14(13)24-15;1-2/h4-5,10H,6-9H2,1-3H3,(H,20,22);1-2H3. The fourth-order valence-electron chi connectivity index (χ4n) is 2.77. The normalized spacial score (nSPS) is 16.5. The number of nitrogens with one attached hydrogen (secondary N) is 1. The highest BCUT2D eigenvalue weighted by Crippen LogP contribution is 2.35. The first-order chi connectivity index (χ1) is 12.7. The van der Waals surface area contributed by atoms with E-state index in [1.165, 1.54) is 0 Å². The molecule has 0 radical (unpaired) electrons. The molecule has 1 saturated heterocycles. The zero-order valence-corrected chi connectivity index (χ0v) is 18.1. The molecule has 2 aliphatic heterocycles. The van der Waals surface area contributed by atoms with Crippen LogP contribution in [0.5, 0.6) is 5.75 Å². The van der Waals surface area contributed by atoms with Gasteiger partial charge in [0, 0.05) is 17.6 Å². The monoisotopic (exact) mass is 438 g/mol. The summed E-state index contributed by atoms with van der Waals surface area (Å²) in [4.78, 5) is 26.2. The first-order valence-corrected chi connectivity index (χ1v) is 10.0. The van der Waals surface area contributed by atoms with Gasteiger partial charge < -0.3 is 19.7 Å². The molecule has 1 aromatic carbocycles. The van der Waals surface area contributed by atoms with Crippen LogP contribution < -0.4 is 10.1 Å². The van der Waals surface area contributed by atoms with Gasteiger partial charge in [0.05, 0.1) is 5.69 Å². The van der Waals surface area contributed by atoms with Crippen molar-refractivity contribution in [2.75, 3.05) is 18.4 Å². The topological polar surface area (TPSA) is 67.9 Å². The fourth-order valence-corrected chi connectivity index (χ4v) is 3.13. The van der Waals surface area contributed by atoms with Crippen molar-refractivity contribution in [1.29, 1.82) is 0 Å². The van der Waals surface area contributed by atoms with E-state index in [1.54, 1.807) is 11.0 Å². The van der Waals surface area contributed by atoms with E-state index in [0.717, 1.165) is 10.0 Å². The third kappa shape index (κ3) is 5.48. The summed E-state index contributed by atoms with van der Waals surface area (Å²) in [6.45, 7) is 10.6. The number of hydrogen-bond donors (Lipinski definition) is 1. The van der Waals surface area contributed by atoms with Gasteiger partial charge in [-0.25, -0.2) is 4.79 Å². The zero-order chi connectivity index (χ0) is 20.2. The number of nitrogens with zero attached hydrogens (tertiary/aromatic N) is 1. The van der Waals surface area contributed by atoms with Crippen LogP contribution in [0.3, 0.4) is 0 Å². The van der Waals surface area contributed by atoms with E-state index in [-0.39, 0.29) is 12.0 Å². The Bertz CT molecular complexity index is 743. The van der Waals surface area contributed by atoms with E-state index in [1.807, 2.05) is 46.8 Å². The van der Waals surface area contributed by atoms with E-state index < -0.39 is 5.60 Å². The molecule has 0 saturated carbocycles. The summed E-state index contributed by atoms with van der Waals surface area (Å²) in [6.07, 6.45) is 0.864. The summed E-state index contributed by atoms with van der Waals surface area (Å²) in [5.41, 5.74) is 1.06. The lowest BCUT2D eigenvalue weighted by Gasteiger charge is -2.32. The van der Waals surface area contributed by atoms with E-state index in [4.69, 9.17) is 9.47 Å². The smallest absolute Gasteiger partial charge is 0.410 e. The van der Waals surface area contributed by atoms with E-state index in [0.29, 0.717) is 43.1 Å². The number of rotatable bonds is 0. The van der Waals surface area contributed by atoms with Crippen molar-refractivity contribution in [2.45, 2.75) is 53.1 Å². The largest absolute Gasteiger partial charge is 0.449 e. The number of hydrogen-bond acceptors (Lipinski definition) is 4. The maximum Gasteiger partial charge on any atom is 0.410 e. The number of carbonyl (C=O) groups excluding carboxylic acids is 2. The molecule has 3 rings (SSSR count). The van der Waals surface area contributed by atoms with Crippen LogP contribution in [0.4, 0.5) is 10.5 Å². The van der Waals surface area contributed by atoms with Crippen LogP contribution in [0.15, 0.2) is 34.0 Å². The molecule has 0 bridgehead atoms. The Labute approximate surface area is 169 Å². The number of anilines is 1. The highest BCUT2D eigenvalue weighted by Gasteiger charge is 2.30. The van der Waals surface area contributed by atoms with Crippen molar-refractivity contribution in [3.63, 3.8) is 0 Å². The fraction of sp³-hybridized carbons (Fsp3) is 0.500. The van der Waals surface area contributed by atoms with Crippen molar-refractivity contribution in [1.82, 2.24) is 4.90 Å². The Morgan fingerprint density at radius 2 is 1.85 bits per heavy atom. The summed E-state index contributed by atoms with van der Waals surface area (Å²) < 4.78 is 12.1. The van der Waals surface area contributed by atoms with Gasteiger partial charge in [-0.05, 0) is 57.4 Å². The third-order valence-corrected chi connectivity index (χ3v) is 4.44. The van der Waals surface area contributed by atoms with Gasteiger partial charge in [-0.2, -0.15) is 0 Å². The number of carbonyl (C=O) groups is 2. The molecule has 6 nitrogen and oxygen atoms in total. The van der Waals surface area contributed by atoms with Crippen molar-refractivity contribution >= 4 is 33.6 Å². The predicted molar refractivity (Wildman–Crippen MR) is 109 cm³/mol. The average Bonchev–Trinajstić information content (AvgIpc) is 2.61. The van der Waals surface area contributed by atoms with Gasteiger partial charge >= 0.3 is 6.09 Å². The second-order valence-electron chi connectivity index (χ2n) is 7.10. The molecule has 0 spiro atoms. The number of fused-ring (bicyclic) bond motifs is 1. The van der Waals surface area contributed by atoms with Gasteiger partial charge in [-0.1, -0.05) is 29.8 Å². The number of amides is 2. The van der Waals surface area contributed by atoms with E-state index in [9.17, 15) is 9.59 Å². The highest BCUT2D eigenvalue weighted by atomic mass is 79.9. The number of ether oxygens (including phenoxy) is 2. The summed E-state index contributed by atoms with van der Waals surface area (Å²) in [5.74, 6) is 0.727. The Kier molecular flexibility index (Phi) is 6.92. The van der Waals surface area contributed by atoms with Crippen molar-refractivity contribution in [3.05, 3.63) is 34.0 Å². The van der Waals surface area contributed by atoms with Gasteiger partial charge in [-0.15, -0.1) is 0 Å². The van der Waals surface area contributed by atoms with Crippen LogP contribution in [0, 0.1) is 0 Å². The molecule has 2 amide bonds. The maximum absolute atomic E-state index is 12.4. The lowest BCUT2D eigenvalue weighted by atomic mass is 10.0. The van der Waals surface area contributed by atoms with Gasteiger partial charge in [0.15, 0.2) is 11.5 Å². The number of halogens is 1. The molecule has 2 heterocycles. The number of benzene rings is 1. The lowest BCUT2D eigenvalue weighted by molar-refractivity contribution is -0.115. The minimum Gasteiger partial charge on any atom is -0.449 e. The first-order valence-electron chi connectivity index (χ1n) is 9.21. The van der Waals surface area contributed by atoms with Gasteiger partial charge in [0.1, 0.15) is 5.60 Å². The molecule has 1 fully saturated rings. The molecule has 1 N–H and O–H groups in total. The summed E-state index contributed by atoms with van der Waals surface area (Å²) in [7, 11) is 0. The number of likely N-dealkylation sites (tertiary alicyclic amines) is 1.